The predicted molar refractivity (Wildman–Crippen MR) is 93.0 cm³/mol. The first-order chi connectivity index (χ1) is 11.5. The van der Waals surface area contributed by atoms with Crippen molar-refractivity contribution in [3.05, 3.63) is 41.8 Å². The number of halogens is 1. The molecule has 0 bridgehead atoms. The van der Waals surface area contributed by atoms with E-state index in [4.69, 9.17) is 0 Å². The quantitative estimate of drug-likeness (QED) is 0.781. The van der Waals surface area contributed by atoms with Gasteiger partial charge in [0.05, 0.1) is 5.69 Å². The van der Waals surface area contributed by atoms with Gasteiger partial charge in [-0.1, -0.05) is 19.1 Å². The van der Waals surface area contributed by atoms with E-state index in [1.165, 1.54) is 12.1 Å². The fraction of sp³-hybridized carbons (Fsp3) is 0.444. The van der Waals surface area contributed by atoms with E-state index in [9.17, 15) is 9.18 Å². The number of rotatable bonds is 8. The molecule has 0 aliphatic heterocycles. The lowest BCUT2D eigenvalue weighted by molar-refractivity contribution is -0.133. The summed E-state index contributed by atoms with van der Waals surface area (Å²) in [5, 5.41) is 10.2. The summed E-state index contributed by atoms with van der Waals surface area (Å²) in [5.74, 6) is -0.144. The molecule has 1 amide bonds. The summed E-state index contributed by atoms with van der Waals surface area (Å²) < 4.78 is 13.3. The summed E-state index contributed by atoms with van der Waals surface area (Å²) in [6.07, 6.45) is 1.64. The van der Waals surface area contributed by atoms with Gasteiger partial charge >= 0.3 is 0 Å². The van der Waals surface area contributed by atoms with Crippen LogP contribution in [0, 0.1) is 11.7 Å². The van der Waals surface area contributed by atoms with Crippen molar-refractivity contribution in [3.63, 3.8) is 0 Å². The van der Waals surface area contributed by atoms with Crippen LogP contribution in [0.2, 0.25) is 0 Å². The maximum Gasteiger partial charge on any atom is 0.226 e. The highest BCUT2D eigenvalue weighted by Gasteiger charge is 2.16. The molecule has 1 heterocycles. The molecule has 1 aromatic heterocycles. The number of hydrogen-bond acceptors (Lipinski definition) is 3. The Morgan fingerprint density at radius 2 is 2.21 bits per heavy atom. The van der Waals surface area contributed by atoms with Gasteiger partial charge in [0.25, 0.3) is 0 Å². The Morgan fingerprint density at radius 1 is 1.42 bits per heavy atom. The molecule has 2 N–H and O–H groups in total. The maximum atomic E-state index is 13.3. The Kier molecular flexibility index (Phi) is 6.49. The molecule has 0 spiro atoms. The first kappa shape index (κ1) is 18.1. The average Bonchev–Trinajstić information content (AvgIpc) is 3.03. The van der Waals surface area contributed by atoms with Crippen molar-refractivity contribution < 1.29 is 9.18 Å². The third-order valence-electron chi connectivity index (χ3n) is 4.00. The molecule has 1 atom stereocenters. The van der Waals surface area contributed by atoms with Crippen LogP contribution < -0.4 is 5.32 Å². The largest absolute Gasteiger partial charge is 0.345 e. The second kappa shape index (κ2) is 8.59. The van der Waals surface area contributed by atoms with Crippen molar-refractivity contribution >= 4 is 5.91 Å². The van der Waals surface area contributed by atoms with Crippen LogP contribution in [0.3, 0.4) is 0 Å². The van der Waals surface area contributed by atoms with Crippen molar-refractivity contribution in [2.45, 2.75) is 19.8 Å². The van der Waals surface area contributed by atoms with Gasteiger partial charge in [-0.2, -0.15) is 5.10 Å². The fourth-order valence-electron chi connectivity index (χ4n) is 2.67. The van der Waals surface area contributed by atoms with Crippen molar-refractivity contribution in [1.82, 2.24) is 20.4 Å². The van der Waals surface area contributed by atoms with Gasteiger partial charge in [-0.25, -0.2) is 4.39 Å². The molecule has 0 aliphatic carbocycles. The lowest BCUT2D eigenvalue weighted by Crippen LogP contribution is -2.36. The van der Waals surface area contributed by atoms with Gasteiger partial charge in [0.15, 0.2) is 0 Å². The van der Waals surface area contributed by atoms with E-state index in [0.29, 0.717) is 13.1 Å². The third-order valence-corrected chi connectivity index (χ3v) is 4.00. The number of aromatic amines is 1. The molecular formula is C18H25FN4O. The highest BCUT2D eigenvalue weighted by molar-refractivity contribution is 5.78. The number of carbonyl (C=O) groups excluding carboxylic acids is 1. The number of benzene rings is 1. The van der Waals surface area contributed by atoms with Crippen molar-refractivity contribution in [2.24, 2.45) is 5.92 Å². The normalized spacial score (nSPS) is 12.2. The zero-order valence-electron chi connectivity index (χ0n) is 14.5. The van der Waals surface area contributed by atoms with Gasteiger partial charge in [0.1, 0.15) is 5.82 Å². The molecule has 0 fully saturated rings. The fourth-order valence-corrected chi connectivity index (χ4v) is 2.67. The number of aromatic nitrogens is 2. The van der Waals surface area contributed by atoms with E-state index in [1.54, 1.807) is 11.0 Å². The lowest BCUT2D eigenvalue weighted by atomic mass is 10.1. The minimum Gasteiger partial charge on any atom is -0.345 e. The second-order valence-electron chi connectivity index (χ2n) is 6.11. The standard InChI is InChI=1S/C18H25FN4O/c1-13(12-20-2)18(24)23(3)9-5-8-16-11-17(22-21-16)14-6-4-7-15(19)10-14/h4,6-7,10-11,13,20H,5,8-9,12H2,1-3H3,(H,21,22). The number of hydrogen-bond donors (Lipinski definition) is 2. The Morgan fingerprint density at radius 3 is 2.92 bits per heavy atom. The Balaban J connectivity index is 1.84. The summed E-state index contributed by atoms with van der Waals surface area (Å²) in [6, 6.07) is 8.32. The van der Waals surface area contributed by atoms with Gasteiger partial charge in [-0.05, 0) is 38.1 Å². The molecule has 0 aliphatic rings. The molecule has 2 aromatic rings. The first-order valence-corrected chi connectivity index (χ1v) is 8.21. The number of amides is 1. The molecular weight excluding hydrogens is 307 g/mol. The van der Waals surface area contributed by atoms with E-state index < -0.39 is 0 Å². The Labute approximate surface area is 142 Å². The number of aryl methyl sites for hydroxylation is 1. The van der Waals surface area contributed by atoms with E-state index in [1.807, 2.05) is 33.2 Å². The molecule has 24 heavy (non-hydrogen) atoms. The summed E-state index contributed by atoms with van der Waals surface area (Å²) in [4.78, 5) is 13.9. The molecule has 130 valence electrons. The zero-order chi connectivity index (χ0) is 17.5. The lowest BCUT2D eigenvalue weighted by Gasteiger charge is -2.21. The Bertz CT molecular complexity index is 671. The van der Waals surface area contributed by atoms with Crippen LogP contribution in [0.1, 0.15) is 19.0 Å². The average molecular weight is 332 g/mol. The highest BCUT2D eigenvalue weighted by atomic mass is 19.1. The van der Waals surface area contributed by atoms with Crippen LogP contribution in [0.4, 0.5) is 4.39 Å². The monoisotopic (exact) mass is 332 g/mol. The van der Waals surface area contributed by atoms with Crippen LogP contribution >= 0.6 is 0 Å². The molecule has 5 nitrogen and oxygen atoms in total. The zero-order valence-corrected chi connectivity index (χ0v) is 14.5. The second-order valence-corrected chi connectivity index (χ2v) is 6.11. The van der Waals surface area contributed by atoms with Crippen molar-refractivity contribution in [3.8, 4) is 11.3 Å². The molecule has 6 heteroatoms. The smallest absolute Gasteiger partial charge is 0.226 e. The summed E-state index contributed by atoms with van der Waals surface area (Å²) in [5.41, 5.74) is 2.47. The SMILES string of the molecule is CNCC(C)C(=O)N(C)CCCc1cc(-c2cccc(F)c2)n[nH]1. The minimum absolute atomic E-state index is 0.0215. The van der Waals surface area contributed by atoms with E-state index >= 15 is 0 Å². The van der Waals surface area contributed by atoms with E-state index in [0.717, 1.165) is 29.8 Å². The third kappa shape index (κ3) is 4.89. The molecule has 1 aromatic carbocycles. The summed E-state index contributed by atoms with van der Waals surface area (Å²) >= 11 is 0. The van der Waals surface area contributed by atoms with Gasteiger partial charge in [0.2, 0.25) is 5.91 Å². The van der Waals surface area contributed by atoms with Crippen molar-refractivity contribution in [1.29, 1.82) is 0 Å². The van der Waals surface area contributed by atoms with Crippen molar-refractivity contribution in [2.75, 3.05) is 27.2 Å². The van der Waals surface area contributed by atoms with Gasteiger partial charge in [-0.3, -0.25) is 9.89 Å². The van der Waals surface area contributed by atoms with Crippen LogP contribution in [-0.2, 0) is 11.2 Å². The summed E-state index contributed by atoms with van der Waals surface area (Å²) in [7, 11) is 3.68. The van der Waals surface area contributed by atoms with Gasteiger partial charge in [-0.15, -0.1) is 0 Å². The minimum atomic E-state index is -0.270. The highest BCUT2D eigenvalue weighted by Crippen LogP contribution is 2.19. The van der Waals surface area contributed by atoms with Crippen LogP contribution in [0.5, 0.6) is 0 Å². The number of nitrogens with zero attached hydrogens (tertiary/aromatic N) is 2. The van der Waals surface area contributed by atoms with Crippen LogP contribution in [0.15, 0.2) is 30.3 Å². The summed E-state index contributed by atoms with van der Waals surface area (Å²) in [6.45, 7) is 3.30. The molecule has 1 unspecified atom stereocenters. The topological polar surface area (TPSA) is 61.0 Å². The maximum absolute atomic E-state index is 13.3. The van der Waals surface area contributed by atoms with Gasteiger partial charge in [0, 0.05) is 37.3 Å². The number of nitrogens with one attached hydrogen (secondary N) is 2. The number of carbonyl (C=O) groups is 1. The molecule has 0 radical (unpaired) electrons. The van der Waals surface area contributed by atoms with Gasteiger partial charge < -0.3 is 10.2 Å². The van der Waals surface area contributed by atoms with E-state index in [2.05, 4.69) is 15.5 Å². The predicted octanol–water partition coefficient (Wildman–Crippen LogP) is 2.46. The molecule has 0 saturated heterocycles. The first-order valence-electron chi connectivity index (χ1n) is 8.21. The van der Waals surface area contributed by atoms with Crippen LogP contribution in [-0.4, -0.2) is 48.2 Å². The van der Waals surface area contributed by atoms with E-state index in [-0.39, 0.29) is 17.6 Å². The number of H-pyrrole nitrogens is 1. The molecule has 2 rings (SSSR count). The Hall–Kier alpha value is -2.21. The molecule has 0 saturated carbocycles. The van der Waals surface area contributed by atoms with Crippen LogP contribution in [0.25, 0.3) is 11.3 Å².